The second-order valence-electron chi connectivity index (χ2n) is 5.74. The van der Waals surface area contributed by atoms with E-state index < -0.39 is 16.0 Å². The number of carbonyl (C=O) groups excluding carboxylic acids is 1. The number of hydrogen-bond acceptors (Lipinski definition) is 6. The van der Waals surface area contributed by atoms with E-state index in [-0.39, 0.29) is 27.6 Å². The third-order valence-electron chi connectivity index (χ3n) is 3.95. The molecule has 0 aliphatic heterocycles. The van der Waals surface area contributed by atoms with Crippen molar-refractivity contribution >= 4 is 21.7 Å². The summed E-state index contributed by atoms with van der Waals surface area (Å²) >= 11 is 0. The number of aryl methyl sites for hydroxylation is 1. The van der Waals surface area contributed by atoms with Crippen molar-refractivity contribution in [3.8, 4) is 11.5 Å². The number of benzene rings is 2. The van der Waals surface area contributed by atoms with Gasteiger partial charge in [-0.05, 0) is 24.1 Å². The van der Waals surface area contributed by atoms with Gasteiger partial charge in [-0.25, -0.2) is 13.2 Å². The van der Waals surface area contributed by atoms with Gasteiger partial charge in [0.25, 0.3) is 10.0 Å². The van der Waals surface area contributed by atoms with Crippen LogP contribution in [-0.2, 0) is 21.2 Å². The van der Waals surface area contributed by atoms with Gasteiger partial charge in [0.05, 0.1) is 37.5 Å². The number of hydrogen-bond donors (Lipinski definition) is 1. The van der Waals surface area contributed by atoms with Gasteiger partial charge in [0.2, 0.25) is 0 Å². The molecule has 0 amide bonds. The molecule has 8 heteroatoms. The molecule has 1 N–H and O–H groups in total. The molecule has 7 nitrogen and oxygen atoms in total. The van der Waals surface area contributed by atoms with E-state index in [4.69, 9.17) is 14.2 Å². The van der Waals surface area contributed by atoms with Gasteiger partial charge in [-0.1, -0.05) is 25.5 Å². The molecule has 0 heterocycles. The first-order chi connectivity index (χ1) is 12.9. The fourth-order valence-electron chi connectivity index (χ4n) is 2.57. The van der Waals surface area contributed by atoms with E-state index in [0.29, 0.717) is 0 Å². The summed E-state index contributed by atoms with van der Waals surface area (Å²) in [6.07, 6.45) is 1.84. The van der Waals surface area contributed by atoms with Gasteiger partial charge < -0.3 is 14.2 Å². The number of anilines is 1. The Labute approximate surface area is 159 Å². The van der Waals surface area contributed by atoms with E-state index in [1.807, 2.05) is 0 Å². The Morgan fingerprint density at radius 3 is 2.11 bits per heavy atom. The van der Waals surface area contributed by atoms with Crippen LogP contribution < -0.4 is 14.2 Å². The first-order valence-electron chi connectivity index (χ1n) is 8.32. The first kappa shape index (κ1) is 20.6. The maximum Gasteiger partial charge on any atom is 0.340 e. The van der Waals surface area contributed by atoms with E-state index in [2.05, 4.69) is 11.6 Å². The minimum Gasteiger partial charge on any atom is -0.493 e. The van der Waals surface area contributed by atoms with E-state index in [1.165, 1.54) is 45.6 Å². The average Bonchev–Trinajstić information content (AvgIpc) is 2.67. The molecule has 2 aromatic rings. The zero-order valence-electron chi connectivity index (χ0n) is 15.7. The Hall–Kier alpha value is -2.74. The van der Waals surface area contributed by atoms with Crippen LogP contribution in [0.1, 0.15) is 29.3 Å². The van der Waals surface area contributed by atoms with Crippen molar-refractivity contribution in [2.24, 2.45) is 0 Å². The molecular weight excluding hydrogens is 370 g/mol. The Balaban J connectivity index is 2.45. The molecule has 0 aliphatic carbocycles. The van der Waals surface area contributed by atoms with Crippen molar-refractivity contribution < 1.29 is 27.4 Å². The molecule has 0 radical (unpaired) electrons. The molecule has 0 saturated heterocycles. The molecular formula is C19H23NO6S. The van der Waals surface area contributed by atoms with Gasteiger partial charge in [-0.15, -0.1) is 0 Å². The number of nitrogens with one attached hydrogen (secondary N) is 1. The van der Waals surface area contributed by atoms with Crippen molar-refractivity contribution in [1.29, 1.82) is 0 Å². The predicted molar refractivity (Wildman–Crippen MR) is 102 cm³/mol. The molecule has 2 rings (SSSR count). The summed E-state index contributed by atoms with van der Waals surface area (Å²) in [7, 11) is 0.138. The number of esters is 1. The Morgan fingerprint density at radius 1 is 1.00 bits per heavy atom. The van der Waals surface area contributed by atoms with E-state index in [9.17, 15) is 13.2 Å². The Kier molecular flexibility index (Phi) is 6.68. The van der Waals surface area contributed by atoms with E-state index in [1.54, 1.807) is 12.1 Å². The maximum absolute atomic E-state index is 12.8. The lowest BCUT2D eigenvalue weighted by Gasteiger charge is -2.15. The highest BCUT2D eigenvalue weighted by Crippen LogP contribution is 2.34. The van der Waals surface area contributed by atoms with Gasteiger partial charge in [0, 0.05) is 12.1 Å². The van der Waals surface area contributed by atoms with Crippen LogP contribution in [0.4, 0.5) is 5.69 Å². The third kappa shape index (κ3) is 4.71. The van der Waals surface area contributed by atoms with E-state index >= 15 is 0 Å². The molecule has 27 heavy (non-hydrogen) atoms. The van der Waals surface area contributed by atoms with Crippen molar-refractivity contribution in [1.82, 2.24) is 0 Å². The minimum atomic E-state index is -3.91. The van der Waals surface area contributed by atoms with Crippen LogP contribution in [0.3, 0.4) is 0 Å². The summed E-state index contributed by atoms with van der Waals surface area (Å²) in [4.78, 5) is 12.2. The summed E-state index contributed by atoms with van der Waals surface area (Å²) < 4.78 is 43.0. The topological polar surface area (TPSA) is 90.9 Å². The lowest BCUT2D eigenvalue weighted by molar-refractivity contribution is 0.0601. The fourth-order valence-corrected chi connectivity index (χ4v) is 3.64. The minimum absolute atomic E-state index is 0.0151. The van der Waals surface area contributed by atoms with Crippen molar-refractivity contribution in [3.63, 3.8) is 0 Å². The highest BCUT2D eigenvalue weighted by Gasteiger charge is 2.22. The Morgan fingerprint density at radius 2 is 1.59 bits per heavy atom. The van der Waals surface area contributed by atoms with E-state index in [0.717, 1.165) is 18.4 Å². The van der Waals surface area contributed by atoms with Crippen LogP contribution in [0.5, 0.6) is 11.5 Å². The first-order valence-corrected chi connectivity index (χ1v) is 9.80. The van der Waals surface area contributed by atoms with Crippen molar-refractivity contribution in [3.05, 3.63) is 47.5 Å². The van der Waals surface area contributed by atoms with Crippen LogP contribution in [0.25, 0.3) is 0 Å². The van der Waals surface area contributed by atoms with Crippen LogP contribution in [0, 0.1) is 0 Å². The second kappa shape index (κ2) is 8.77. The number of methoxy groups -OCH3 is 3. The number of sulfonamides is 1. The molecule has 0 unspecified atom stereocenters. The van der Waals surface area contributed by atoms with Crippen LogP contribution in [-0.4, -0.2) is 35.7 Å². The molecule has 0 aromatic heterocycles. The largest absolute Gasteiger partial charge is 0.493 e. The second-order valence-corrected chi connectivity index (χ2v) is 7.43. The quantitative estimate of drug-likeness (QED) is 0.693. The number of rotatable bonds is 8. The summed E-state index contributed by atoms with van der Waals surface area (Å²) in [6, 6.07) is 9.36. The smallest absolute Gasteiger partial charge is 0.340 e. The van der Waals surface area contributed by atoms with Gasteiger partial charge in [0.1, 0.15) is 0 Å². The molecule has 2 aromatic carbocycles. The molecule has 0 bridgehead atoms. The van der Waals surface area contributed by atoms with Gasteiger partial charge in [-0.2, -0.15) is 0 Å². The molecule has 0 aliphatic rings. The lowest BCUT2D eigenvalue weighted by atomic mass is 10.1. The van der Waals surface area contributed by atoms with Gasteiger partial charge in [0.15, 0.2) is 11.5 Å². The molecule has 0 fully saturated rings. The van der Waals surface area contributed by atoms with Gasteiger partial charge in [-0.3, -0.25) is 4.72 Å². The molecule has 0 saturated carbocycles. The van der Waals surface area contributed by atoms with Gasteiger partial charge >= 0.3 is 5.97 Å². The molecule has 0 atom stereocenters. The molecule has 146 valence electrons. The summed E-state index contributed by atoms with van der Waals surface area (Å²) in [5.41, 5.74) is 1.11. The highest BCUT2D eigenvalue weighted by molar-refractivity contribution is 7.92. The SMILES string of the molecule is CCCc1ccc(S(=O)(=O)Nc2cc(OC)c(OC)cc2C(=O)OC)cc1. The monoisotopic (exact) mass is 393 g/mol. The zero-order chi connectivity index (χ0) is 20.0. The standard InChI is InChI=1S/C19H23NO6S/c1-5-6-13-7-9-14(10-8-13)27(22,23)20-16-12-18(25-3)17(24-2)11-15(16)19(21)26-4/h7-12,20H,5-6H2,1-4H3. The Bertz CT molecular complexity index is 907. The summed E-state index contributed by atoms with van der Waals surface area (Å²) in [5, 5.41) is 0. The average molecular weight is 393 g/mol. The highest BCUT2D eigenvalue weighted by atomic mass is 32.2. The summed E-state index contributed by atoms with van der Waals surface area (Å²) in [6.45, 7) is 2.05. The van der Waals surface area contributed by atoms with Crippen molar-refractivity contribution in [2.75, 3.05) is 26.1 Å². The fraction of sp³-hybridized carbons (Fsp3) is 0.316. The van der Waals surface area contributed by atoms with Crippen molar-refractivity contribution in [2.45, 2.75) is 24.7 Å². The van der Waals surface area contributed by atoms with Crippen LogP contribution in [0.2, 0.25) is 0 Å². The van der Waals surface area contributed by atoms with Crippen LogP contribution in [0.15, 0.2) is 41.3 Å². The van der Waals surface area contributed by atoms with Crippen LogP contribution >= 0.6 is 0 Å². The third-order valence-corrected chi connectivity index (χ3v) is 5.33. The normalized spacial score (nSPS) is 11.0. The summed E-state index contributed by atoms with van der Waals surface area (Å²) in [5.74, 6) is -0.141. The zero-order valence-corrected chi connectivity index (χ0v) is 16.6. The number of carbonyl (C=O) groups is 1. The predicted octanol–water partition coefficient (Wildman–Crippen LogP) is 3.24. The molecule has 0 spiro atoms. The maximum atomic E-state index is 12.8. The number of ether oxygens (including phenoxy) is 3. The lowest BCUT2D eigenvalue weighted by Crippen LogP contribution is -2.16.